The molecule has 0 spiro atoms. The highest BCUT2D eigenvalue weighted by Crippen LogP contribution is 2.19. The SMILES string of the molecule is N#CC1CCCN1C(=O)[C@H](CCC(=O)OCc1ccccc1)NC(=O)c1ccc(Cl)cc1. The molecule has 0 aliphatic carbocycles. The molecule has 1 heterocycles. The van der Waals surface area contributed by atoms with Crippen molar-refractivity contribution in [3.05, 3.63) is 70.7 Å². The van der Waals surface area contributed by atoms with E-state index in [1.165, 1.54) is 4.90 Å². The van der Waals surface area contributed by atoms with Crippen LogP contribution < -0.4 is 5.32 Å². The van der Waals surface area contributed by atoms with Crippen molar-refractivity contribution in [1.82, 2.24) is 10.2 Å². The predicted molar refractivity (Wildman–Crippen MR) is 119 cm³/mol. The standard InChI is InChI=1S/C24H24ClN3O4/c25-19-10-8-18(9-11-19)23(30)27-21(24(31)28-14-4-7-20(28)15-26)12-13-22(29)32-16-17-5-2-1-3-6-17/h1-3,5-6,8-11,20-21H,4,7,12-14,16H2,(H,27,30)/t20?,21-/m0/s1. The molecule has 7 nitrogen and oxygen atoms in total. The summed E-state index contributed by atoms with van der Waals surface area (Å²) in [6.45, 7) is 0.584. The number of halogens is 1. The topological polar surface area (TPSA) is 99.5 Å². The Bertz CT molecular complexity index is 989. The van der Waals surface area contributed by atoms with Crippen LogP contribution in [0.25, 0.3) is 0 Å². The first-order chi connectivity index (χ1) is 15.5. The monoisotopic (exact) mass is 453 g/mol. The van der Waals surface area contributed by atoms with E-state index in [9.17, 15) is 19.6 Å². The van der Waals surface area contributed by atoms with Crippen LogP contribution in [0.1, 0.15) is 41.6 Å². The van der Waals surface area contributed by atoms with Crippen molar-refractivity contribution in [3.8, 4) is 6.07 Å². The van der Waals surface area contributed by atoms with Gasteiger partial charge < -0.3 is 15.0 Å². The zero-order valence-corrected chi connectivity index (χ0v) is 18.3. The third-order valence-corrected chi connectivity index (χ3v) is 5.53. The van der Waals surface area contributed by atoms with Gasteiger partial charge in [-0.15, -0.1) is 0 Å². The summed E-state index contributed by atoms with van der Waals surface area (Å²) < 4.78 is 5.29. The third kappa shape index (κ3) is 6.32. The van der Waals surface area contributed by atoms with Crippen LogP contribution in [0.3, 0.4) is 0 Å². The van der Waals surface area contributed by atoms with E-state index in [1.54, 1.807) is 24.3 Å². The van der Waals surface area contributed by atoms with Crippen molar-refractivity contribution in [2.75, 3.05) is 6.54 Å². The Balaban J connectivity index is 1.64. The first kappa shape index (κ1) is 23.3. The summed E-state index contributed by atoms with van der Waals surface area (Å²) in [5, 5.41) is 12.5. The molecular formula is C24H24ClN3O4. The van der Waals surface area contributed by atoms with Gasteiger partial charge in [0.05, 0.1) is 6.07 Å². The molecule has 0 saturated carbocycles. The van der Waals surface area contributed by atoms with E-state index in [1.807, 2.05) is 30.3 Å². The highest BCUT2D eigenvalue weighted by molar-refractivity contribution is 6.30. The average molecular weight is 454 g/mol. The van der Waals surface area contributed by atoms with Gasteiger partial charge in [-0.1, -0.05) is 41.9 Å². The quantitative estimate of drug-likeness (QED) is 0.617. The molecule has 2 aromatic rings. The Hall–Kier alpha value is -3.37. The van der Waals surface area contributed by atoms with E-state index >= 15 is 0 Å². The number of benzene rings is 2. The van der Waals surface area contributed by atoms with Gasteiger partial charge in [-0.25, -0.2) is 0 Å². The number of nitrogens with zero attached hydrogens (tertiary/aromatic N) is 2. The second-order valence-corrected chi connectivity index (χ2v) is 7.97. The van der Waals surface area contributed by atoms with Crippen molar-refractivity contribution in [2.24, 2.45) is 0 Å². The van der Waals surface area contributed by atoms with Crippen LogP contribution in [0.15, 0.2) is 54.6 Å². The average Bonchev–Trinajstić information content (AvgIpc) is 3.30. The first-order valence-electron chi connectivity index (χ1n) is 10.4. The molecule has 32 heavy (non-hydrogen) atoms. The van der Waals surface area contributed by atoms with E-state index in [4.69, 9.17) is 16.3 Å². The molecule has 2 atom stereocenters. The molecule has 0 bridgehead atoms. The number of amides is 2. The summed E-state index contributed by atoms with van der Waals surface area (Å²) in [5.41, 5.74) is 1.20. The first-order valence-corrected chi connectivity index (χ1v) is 10.8. The fourth-order valence-electron chi connectivity index (χ4n) is 3.54. The van der Waals surface area contributed by atoms with Gasteiger partial charge in [0.25, 0.3) is 5.91 Å². The number of ether oxygens (including phenoxy) is 1. The number of esters is 1. The fourth-order valence-corrected chi connectivity index (χ4v) is 3.66. The molecule has 1 N–H and O–H groups in total. The molecule has 1 aliphatic heterocycles. The van der Waals surface area contributed by atoms with Gasteiger partial charge in [0.15, 0.2) is 0 Å². The van der Waals surface area contributed by atoms with Gasteiger partial charge in [-0.2, -0.15) is 5.26 Å². The molecule has 1 fully saturated rings. The van der Waals surface area contributed by atoms with Crippen molar-refractivity contribution >= 4 is 29.4 Å². The number of nitriles is 1. The highest BCUT2D eigenvalue weighted by atomic mass is 35.5. The minimum Gasteiger partial charge on any atom is -0.461 e. The zero-order valence-electron chi connectivity index (χ0n) is 17.5. The molecule has 1 saturated heterocycles. The van der Waals surface area contributed by atoms with Crippen molar-refractivity contribution in [2.45, 2.75) is 44.4 Å². The van der Waals surface area contributed by atoms with Gasteiger partial charge in [0, 0.05) is 23.6 Å². The van der Waals surface area contributed by atoms with Crippen molar-refractivity contribution in [3.63, 3.8) is 0 Å². The lowest BCUT2D eigenvalue weighted by molar-refractivity contribution is -0.145. The number of hydrogen-bond donors (Lipinski definition) is 1. The van der Waals surface area contributed by atoms with Crippen molar-refractivity contribution < 1.29 is 19.1 Å². The fraction of sp³-hybridized carbons (Fsp3) is 0.333. The normalized spacial score (nSPS) is 16.1. The maximum Gasteiger partial charge on any atom is 0.306 e. The summed E-state index contributed by atoms with van der Waals surface area (Å²) in [6.07, 6.45) is 1.34. The van der Waals surface area contributed by atoms with Gasteiger partial charge >= 0.3 is 5.97 Å². The molecule has 0 aromatic heterocycles. The number of rotatable bonds is 8. The van der Waals surface area contributed by atoms with Gasteiger partial charge in [-0.05, 0) is 49.1 Å². The van der Waals surface area contributed by atoms with Crippen LogP contribution in [-0.2, 0) is 20.9 Å². The number of carbonyl (C=O) groups is 3. The molecule has 166 valence electrons. The molecule has 2 aromatic carbocycles. The second kappa shape index (κ2) is 11.3. The van der Waals surface area contributed by atoms with Crippen LogP contribution >= 0.6 is 11.6 Å². The molecule has 8 heteroatoms. The van der Waals surface area contributed by atoms with E-state index < -0.39 is 24.0 Å². The maximum absolute atomic E-state index is 13.1. The molecule has 0 radical (unpaired) electrons. The van der Waals surface area contributed by atoms with E-state index in [0.29, 0.717) is 23.6 Å². The largest absolute Gasteiger partial charge is 0.461 e. The minimum absolute atomic E-state index is 0.0464. The highest BCUT2D eigenvalue weighted by Gasteiger charge is 2.34. The Morgan fingerprint density at radius 3 is 2.56 bits per heavy atom. The van der Waals surface area contributed by atoms with Crippen LogP contribution in [0, 0.1) is 11.3 Å². The lowest BCUT2D eigenvalue weighted by atomic mass is 10.1. The van der Waals surface area contributed by atoms with E-state index in [-0.39, 0.29) is 25.4 Å². The third-order valence-electron chi connectivity index (χ3n) is 5.27. The van der Waals surface area contributed by atoms with Gasteiger partial charge in [0.2, 0.25) is 5.91 Å². The van der Waals surface area contributed by atoms with E-state index in [0.717, 1.165) is 12.0 Å². The molecule has 3 rings (SSSR count). The Morgan fingerprint density at radius 1 is 1.16 bits per heavy atom. The molecular weight excluding hydrogens is 430 g/mol. The molecule has 2 amide bonds. The maximum atomic E-state index is 13.1. The number of carbonyl (C=O) groups excluding carboxylic acids is 3. The number of likely N-dealkylation sites (tertiary alicyclic amines) is 1. The summed E-state index contributed by atoms with van der Waals surface area (Å²) >= 11 is 5.87. The molecule has 1 aliphatic rings. The summed E-state index contributed by atoms with van der Waals surface area (Å²) in [7, 11) is 0. The number of hydrogen-bond acceptors (Lipinski definition) is 5. The lowest BCUT2D eigenvalue weighted by Crippen LogP contribution is -2.50. The minimum atomic E-state index is -0.948. The van der Waals surface area contributed by atoms with Crippen molar-refractivity contribution in [1.29, 1.82) is 5.26 Å². The summed E-state index contributed by atoms with van der Waals surface area (Å²) in [6, 6.07) is 16.2. The number of nitrogens with one attached hydrogen (secondary N) is 1. The van der Waals surface area contributed by atoms with Crippen LogP contribution in [0.5, 0.6) is 0 Å². The van der Waals surface area contributed by atoms with Crippen LogP contribution in [0.2, 0.25) is 5.02 Å². The Labute approximate surface area is 191 Å². The van der Waals surface area contributed by atoms with Crippen LogP contribution in [-0.4, -0.2) is 41.3 Å². The van der Waals surface area contributed by atoms with E-state index in [2.05, 4.69) is 11.4 Å². The lowest BCUT2D eigenvalue weighted by Gasteiger charge is -2.26. The Kier molecular flexibility index (Phi) is 8.23. The second-order valence-electron chi connectivity index (χ2n) is 7.54. The van der Waals surface area contributed by atoms with Gasteiger partial charge in [-0.3, -0.25) is 14.4 Å². The summed E-state index contributed by atoms with van der Waals surface area (Å²) in [5.74, 6) is -1.29. The molecule has 1 unspecified atom stereocenters. The zero-order chi connectivity index (χ0) is 22.9. The summed E-state index contributed by atoms with van der Waals surface area (Å²) in [4.78, 5) is 39.5. The smallest absolute Gasteiger partial charge is 0.306 e. The Morgan fingerprint density at radius 2 is 1.88 bits per heavy atom. The van der Waals surface area contributed by atoms with Crippen LogP contribution in [0.4, 0.5) is 0 Å². The van der Waals surface area contributed by atoms with Gasteiger partial charge in [0.1, 0.15) is 18.7 Å². The predicted octanol–water partition coefficient (Wildman–Crippen LogP) is 3.48.